The molecule has 3 aliphatic rings. The van der Waals surface area contributed by atoms with Gasteiger partial charge in [-0.3, -0.25) is 24.5 Å². The lowest BCUT2D eigenvalue weighted by molar-refractivity contribution is -0.136. The monoisotopic (exact) mass is 435 g/mol. The summed E-state index contributed by atoms with van der Waals surface area (Å²) in [7, 11) is 1.56. The van der Waals surface area contributed by atoms with Gasteiger partial charge in [0.05, 0.1) is 19.3 Å². The van der Waals surface area contributed by atoms with E-state index >= 15 is 0 Å². The molecule has 32 heavy (non-hydrogen) atoms. The molecule has 1 fully saturated rings. The molecule has 164 valence electrons. The number of nitrogens with one attached hydrogen (secondary N) is 1. The van der Waals surface area contributed by atoms with Crippen molar-refractivity contribution in [3.63, 3.8) is 0 Å². The van der Waals surface area contributed by atoms with E-state index in [1.54, 1.807) is 48.4 Å². The van der Waals surface area contributed by atoms with Crippen molar-refractivity contribution in [3.05, 3.63) is 53.1 Å². The molecule has 3 heterocycles. The molecular weight excluding hydrogens is 414 g/mol. The van der Waals surface area contributed by atoms with Gasteiger partial charge in [-0.2, -0.15) is 0 Å². The summed E-state index contributed by atoms with van der Waals surface area (Å²) in [5, 5.41) is 2.29. The van der Waals surface area contributed by atoms with Gasteiger partial charge in [0.15, 0.2) is 0 Å². The number of hydrogen-bond donors (Lipinski definition) is 1. The van der Waals surface area contributed by atoms with Gasteiger partial charge >= 0.3 is 0 Å². The average molecular weight is 435 g/mol. The predicted molar refractivity (Wildman–Crippen MR) is 113 cm³/mol. The molecule has 2 aromatic rings. The highest BCUT2D eigenvalue weighted by Crippen LogP contribution is 2.36. The molecule has 9 heteroatoms. The third-order valence-corrected chi connectivity index (χ3v) is 6.05. The maximum atomic E-state index is 13.3. The molecule has 0 saturated carbocycles. The Morgan fingerprint density at radius 1 is 1.16 bits per heavy atom. The predicted octanol–water partition coefficient (Wildman–Crippen LogP) is 1.50. The van der Waals surface area contributed by atoms with E-state index in [-0.39, 0.29) is 30.7 Å². The number of benzene rings is 2. The van der Waals surface area contributed by atoms with Crippen molar-refractivity contribution >= 4 is 29.3 Å². The van der Waals surface area contributed by atoms with Crippen molar-refractivity contribution in [3.8, 4) is 11.5 Å². The summed E-state index contributed by atoms with van der Waals surface area (Å²) >= 11 is 0. The number of fused-ring (bicyclic) bond motifs is 2. The number of rotatable bonds is 3. The van der Waals surface area contributed by atoms with Crippen molar-refractivity contribution in [2.45, 2.75) is 25.4 Å². The third kappa shape index (κ3) is 3.26. The molecule has 1 atom stereocenters. The molecule has 2 aromatic carbocycles. The van der Waals surface area contributed by atoms with Crippen LogP contribution < -0.4 is 19.7 Å². The maximum Gasteiger partial charge on any atom is 0.258 e. The van der Waals surface area contributed by atoms with Crippen molar-refractivity contribution in [2.24, 2.45) is 0 Å². The lowest BCUT2D eigenvalue weighted by Crippen LogP contribution is -2.52. The molecule has 1 saturated heterocycles. The number of methoxy groups -OCH3 is 1. The number of carbonyl (C=O) groups is 4. The summed E-state index contributed by atoms with van der Waals surface area (Å²) in [6.07, 6.45) is 0.492. The van der Waals surface area contributed by atoms with Gasteiger partial charge in [0.1, 0.15) is 24.1 Å². The maximum absolute atomic E-state index is 13.3. The van der Waals surface area contributed by atoms with Gasteiger partial charge in [0, 0.05) is 30.2 Å². The molecule has 1 N–H and O–H groups in total. The summed E-state index contributed by atoms with van der Waals surface area (Å²) in [5.41, 5.74) is 2.18. The van der Waals surface area contributed by atoms with Crippen LogP contribution in [0.4, 0.5) is 5.69 Å². The van der Waals surface area contributed by atoms with Crippen LogP contribution in [0.3, 0.4) is 0 Å². The number of piperidine rings is 1. The summed E-state index contributed by atoms with van der Waals surface area (Å²) in [4.78, 5) is 53.1. The van der Waals surface area contributed by atoms with Crippen LogP contribution in [0.2, 0.25) is 0 Å². The zero-order chi connectivity index (χ0) is 22.4. The molecule has 0 aliphatic carbocycles. The zero-order valence-corrected chi connectivity index (χ0v) is 17.4. The van der Waals surface area contributed by atoms with Gasteiger partial charge in [-0.25, -0.2) is 0 Å². The first-order chi connectivity index (χ1) is 15.5. The van der Waals surface area contributed by atoms with Crippen LogP contribution in [0.5, 0.6) is 11.5 Å². The molecule has 4 amide bonds. The van der Waals surface area contributed by atoms with E-state index in [0.717, 1.165) is 5.56 Å². The molecule has 0 spiro atoms. The largest absolute Gasteiger partial charge is 0.497 e. The molecule has 3 aliphatic heterocycles. The highest BCUT2D eigenvalue weighted by Gasteiger charge is 2.39. The highest BCUT2D eigenvalue weighted by molar-refractivity contribution is 6.10. The number of amides is 4. The molecule has 5 rings (SSSR count). The summed E-state index contributed by atoms with van der Waals surface area (Å²) in [5.74, 6) is -0.142. The number of ether oxygens (including phenoxy) is 2. The quantitative estimate of drug-likeness (QED) is 0.733. The van der Waals surface area contributed by atoms with E-state index in [9.17, 15) is 19.2 Å². The van der Waals surface area contributed by atoms with Gasteiger partial charge in [0.25, 0.3) is 11.8 Å². The van der Waals surface area contributed by atoms with Gasteiger partial charge in [-0.1, -0.05) is 6.07 Å². The van der Waals surface area contributed by atoms with E-state index in [0.29, 0.717) is 47.9 Å². The van der Waals surface area contributed by atoms with Crippen LogP contribution in [-0.2, 0) is 16.1 Å². The fourth-order valence-corrected chi connectivity index (χ4v) is 4.38. The van der Waals surface area contributed by atoms with Gasteiger partial charge in [-0.05, 0) is 36.2 Å². The first-order valence-electron chi connectivity index (χ1n) is 10.4. The molecule has 0 bridgehead atoms. The Bertz CT molecular complexity index is 1160. The lowest BCUT2D eigenvalue weighted by atomic mass is 10.0. The van der Waals surface area contributed by atoms with Crippen LogP contribution in [0, 0.1) is 0 Å². The molecule has 0 radical (unpaired) electrons. The van der Waals surface area contributed by atoms with Crippen molar-refractivity contribution in [2.75, 3.05) is 25.2 Å². The standard InChI is InChI=1S/C23H21N3O6/c1-31-15-4-5-17-19(11-15)32-9-8-25(17)22(29)13-2-3-14-12-26(23(30)16(14)10-13)18-6-7-20(27)24-21(18)28/h2-5,10-11,18H,6-9,12H2,1H3,(H,24,27,28). The molecule has 9 nitrogen and oxygen atoms in total. The number of hydrogen-bond acceptors (Lipinski definition) is 6. The molecule has 0 aromatic heterocycles. The van der Waals surface area contributed by atoms with E-state index in [4.69, 9.17) is 9.47 Å². The van der Waals surface area contributed by atoms with Crippen LogP contribution in [0.25, 0.3) is 0 Å². The third-order valence-electron chi connectivity index (χ3n) is 6.05. The second-order valence-electron chi connectivity index (χ2n) is 7.91. The minimum atomic E-state index is -0.687. The van der Waals surface area contributed by atoms with E-state index < -0.39 is 11.9 Å². The van der Waals surface area contributed by atoms with E-state index in [1.807, 2.05) is 0 Å². The number of imide groups is 1. The summed E-state index contributed by atoms with van der Waals surface area (Å²) in [6, 6.07) is 9.62. The minimum Gasteiger partial charge on any atom is -0.497 e. The molecule has 1 unspecified atom stereocenters. The van der Waals surface area contributed by atoms with Crippen LogP contribution in [0.15, 0.2) is 36.4 Å². The normalized spacial score (nSPS) is 19.8. The SMILES string of the molecule is COc1ccc2c(c1)OCCN2C(=O)c1ccc2c(c1)C(=O)N(C1CCC(=O)NC1=O)C2. The average Bonchev–Trinajstić information content (AvgIpc) is 3.13. The van der Waals surface area contributed by atoms with Crippen LogP contribution in [-0.4, -0.2) is 54.8 Å². The second-order valence-corrected chi connectivity index (χ2v) is 7.91. The minimum absolute atomic E-state index is 0.196. The van der Waals surface area contributed by atoms with E-state index in [2.05, 4.69) is 5.32 Å². The van der Waals surface area contributed by atoms with Gasteiger partial charge in [-0.15, -0.1) is 0 Å². The number of nitrogens with zero attached hydrogens (tertiary/aromatic N) is 2. The Labute approximate surface area is 183 Å². The van der Waals surface area contributed by atoms with Crippen LogP contribution >= 0.6 is 0 Å². The number of carbonyl (C=O) groups excluding carboxylic acids is 4. The van der Waals surface area contributed by atoms with E-state index in [1.165, 1.54) is 4.90 Å². The topological polar surface area (TPSA) is 105 Å². The van der Waals surface area contributed by atoms with Crippen molar-refractivity contribution in [1.29, 1.82) is 0 Å². The fraction of sp³-hybridized carbons (Fsp3) is 0.304. The van der Waals surface area contributed by atoms with Crippen molar-refractivity contribution < 1.29 is 28.7 Å². The Kier molecular flexibility index (Phi) is 4.80. The number of anilines is 1. The second kappa shape index (κ2) is 7.67. The Hall–Kier alpha value is -3.88. The summed E-state index contributed by atoms with van der Waals surface area (Å²) in [6.45, 7) is 1.000. The van der Waals surface area contributed by atoms with Crippen molar-refractivity contribution in [1.82, 2.24) is 10.2 Å². The van der Waals surface area contributed by atoms with Gasteiger partial charge < -0.3 is 19.3 Å². The summed E-state index contributed by atoms with van der Waals surface area (Å²) < 4.78 is 10.9. The highest BCUT2D eigenvalue weighted by atomic mass is 16.5. The fourth-order valence-electron chi connectivity index (χ4n) is 4.38. The molecular formula is C23H21N3O6. The smallest absolute Gasteiger partial charge is 0.258 e. The Balaban J connectivity index is 1.40. The first-order valence-corrected chi connectivity index (χ1v) is 10.4. The van der Waals surface area contributed by atoms with Gasteiger partial charge in [0.2, 0.25) is 11.8 Å². The van der Waals surface area contributed by atoms with Crippen LogP contribution in [0.1, 0.15) is 39.1 Å². The lowest BCUT2D eigenvalue weighted by Gasteiger charge is -2.30. The Morgan fingerprint density at radius 3 is 2.78 bits per heavy atom. The zero-order valence-electron chi connectivity index (χ0n) is 17.4. The Morgan fingerprint density at radius 2 is 2.00 bits per heavy atom. The first kappa shape index (κ1) is 20.0.